The summed E-state index contributed by atoms with van der Waals surface area (Å²) in [5, 5.41) is 8.77. The Labute approximate surface area is 80.0 Å². The van der Waals surface area contributed by atoms with Gasteiger partial charge in [0.2, 0.25) is 0 Å². The van der Waals surface area contributed by atoms with E-state index in [1.54, 1.807) is 6.92 Å². The second-order valence-electron chi connectivity index (χ2n) is 2.74. The number of carbonyl (C=O) groups is 1. The summed E-state index contributed by atoms with van der Waals surface area (Å²) in [5.74, 6) is -1.50. The predicted octanol–water partition coefficient (Wildman–Crippen LogP) is 2.41. The van der Waals surface area contributed by atoms with Crippen LogP contribution in [0.1, 0.15) is 11.1 Å². The highest BCUT2D eigenvalue weighted by Crippen LogP contribution is 2.21. The number of aliphatic carboxylic acids is 1. The quantitative estimate of drug-likeness (QED) is 0.800. The van der Waals surface area contributed by atoms with Crippen LogP contribution < -0.4 is 0 Å². The Morgan fingerprint density at radius 3 is 2.77 bits per heavy atom. The second-order valence-corrected chi connectivity index (χ2v) is 3.15. The standard InChI is InChI=1S/C9H8ClFO2/c1-5-6(3-9(12)13)2-7(11)4-8(5)10/h2,4H,3H2,1H3,(H,12,13). The molecule has 0 fully saturated rings. The van der Waals surface area contributed by atoms with Crippen molar-refractivity contribution in [3.8, 4) is 0 Å². The fourth-order valence-corrected chi connectivity index (χ4v) is 1.27. The van der Waals surface area contributed by atoms with Gasteiger partial charge in [0.25, 0.3) is 0 Å². The van der Waals surface area contributed by atoms with E-state index in [1.807, 2.05) is 0 Å². The molecular weight excluding hydrogens is 195 g/mol. The molecule has 0 aliphatic carbocycles. The van der Waals surface area contributed by atoms with Gasteiger partial charge in [-0.3, -0.25) is 4.79 Å². The van der Waals surface area contributed by atoms with Gasteiger partial charge in [-0.05, 0) is 30.2 Å². The third-order valence-electron chi connectivity index (χ3n) is 1.76. The second kappa shape index (κ2) is 3.75. The van der Waals surface area contributed by atoms with E-state index >= 15 is 0 Å². The minimum atomic E-state index is -0.996. The Balaban J connectivity index is 3.12. The van der Waals surface area contributed by atoms with Crippen LogP contribution in [0.3, 0.4) is 0 Å². The van der Waals surface area contributed by atoms with Gasteiger partial charge in [0.05, 0.1) is 6.42 Å². The highest BCUT2D eigenvalue weighted by atomic mass is 35.5. The largest absolute Gasteiger partial charge is 0.481 e. The molecule has 1 aromatic carbocycles. The number of carboxylic acids is 1. The predicted molar refractivity (Wildman–Crippen MR) is 47.5 cm³/mol. The van der Waals surface area contributed by atoms with E-state index in [0.29, 0.717) is 11.1 Å². The molecule has 4 heteroatoms. The molecule has 1 N–H and O–H groups in total. The molecule has 2 nitrogen and oxygen atoms in total. The monoisotopic (exact) mass is 202 g/mol. The lowest BCUT2D eigenvalue weighted by Gasteiger charge is -2.04. The topological polar surface area (TPSA) is 37.3 Å². The smallest absolute Gasteiger partial charge is 0.307 e. The van der Waals surface area contributed by atoms with Crippen molar-refractivity contribution >= 4 is 17.6 Å². The van der Waals surface area contributed by atoms with E-state index in [-0.39, 0.29) is 11.4 Å². The van der Waals surface area contributed by atoms with E-state index in [4.69, 9.17) is 16.7 Å². The van der Waals surface area contributed by atoms with Crippen molar-refractivity contribution in [2.24, 2.45) is 0 Å². The maximum atomic E-state index is 12.8. The van der Waals surface area contributed by atoms with Crippen LogP contribution in [-0.2, 0) is 11.2 Å². The Morgan fingerprint density at radius 1 is 1.62 bits per heavy atom. The molecule has 0 saturated carbocycles. The highest BCUT2D eigenvalue weighted by Gasteiger charge is 2.08. The minimum Gasteiger partial charge on any atom is -0.481 e. The Morgan fingerprint density at radius 2 is 2.23 bits per heavy atom. The van der Waals surface area contributed by atoms with Crippen molar-refractivity contribution in [3.63, 3.8) is 0 Å². The van der Waals surface area contributed by atoms with E-state index in [0.717, 1.165) is 0 Å². The number of halogens is 2. The van der Waals surface area contributed by atoms with Crippen LogP contribution in [0, 0.1) is 12.7 Å². The van der Waals surface area contributed by atoms with Crippen molar-refractivity contribution in [1.82, 2.24) is 0 Å². The van der Waals surface area contributed by atoms with Crippen LogP contribution in [0.4, 0.5) is 4.39 Å². The molecule has 0 aliphatic rings. The van der Waals surface area contributed by atoms with Crippen molar-refractivity contribution < 1.29 is 14.3 Å². The first kappa shape index (κ1) is 9.99. The summed E-state index contributed by atoms with van der Waals surface area (Å²) in [7, 11) is 0. The highest BCUT2D eigenvalue weighted by molar-refractivity contribution is 6.31. The third-order valence-corrected chi connectivity index (χ3v) is 2.15. The molecule has 0 saturated heterocycles. The van der Waals surface area contributed by atoms with E-state index in [2.05, 4.69) is 0 Å². The molecule has 0 aliphatic heterocycles. The third kappa shape index (κ3) is 2.42. The van der Waals surface area contributed by atoms with Gasteiger partial charge >= 0.3 is 5.97 Å². The Kier molecular flexibility index (Phi) is 2.88. The average molecular weight is 203 g/mol. The van der Waals surface area contributed by atoms with Crippen LogP contribution >= 0.6 is 11.6 Å². The molecule has 70 valence electrons. The van der Waals surface area contributed by atoms with Gasteiger partial charge in [0, 0.05) is 5.02 Å². The lowest BCUT2D eigenvalue weighted by molar-refractivity contribution is -0.136. The molecule has 0 aromatic heterocycles. The van der Waals surface area contributed by atoms with E-state index < -0.39 is 11.8 Å². The van der Waals surface area contributed by atoms with Crippen molar-refractivity contribution in [2.75, 3.05) is 0 Å². The Hall–Kier alpha value is -1.09. The number of hydrogen-bond acceptors (Lipinski definition) is 1. The molecule has 13 heavy (non-hydrogen) atoms. The van der Waals surface area contributed by atoms with Crippen LogP contribution in [0.5, 0.6) is 0 Å². The molecule has 0 spiro atoms. The fourth-order valence-electron chi connectivity index (χ4n) is 1.05. The number of hydrogen-bond donors (Lipinski definition) is 1. The summed E-state index contributed by atoms with van der Waals surface area (Å²) in [6, 6.07) is 2.36. The summed E-state index contributed by atoms with van der Waals surface area (Å²) in [6.45, 7) is 1.67. The van der Waals surface area contributed by atoms with Gasteiger partial charge in [-0.1, -0.05) is 11.6 Å². The van der Waals surface area contributed by atoms with Crippen LogP contribution in [0.15, 0.2) is 12.1 Å². The zero-order valence-electron chi connectivity index (χ0n) is 6.97. The van der Waals surface area contributed by atoms with Crippen LogP contribution in [0.2, 0.25) is 5.02 Å². The summed E-state index contributed by atoms with van der Waals surface area (Å²) < 4.78 is 12.8. The zero-order chi connectivity index (χ0) is 10.0. The normalized spacial score (nSPS) is 10.1. The van der Waals surface area contributed by atoms with E-state index in [9.17, 15) is 9.18 Å². The molecule has 1 aromatic rings. The van der Waals surface area contributed by atoms with Gasteiger partial charge in [-0.25, -0.2) is 4.39 Å². The minimum absolute atomic E-state index is 0.205. The van der Waals surface area contributed by atoms with Gasteiger partial charge in [0.15, 0.2) is 0 Å². The zero-order valence-corrected chi connectivity index (χ0v) is 7.73. The summed E-state index contributed by atoms with van der Waals surface area (Å²) in [6.07, 6.45) is -0.205. The Bertz CT molecular complexity index is 350. The first-order valence-electron chi connectivity index (χ1n) is 3.67. The van der Waals surface area contributed by atoms with Gasteiger partial charge in [0.1, 0.15) is 5.82 Å². The molecule has 0 heterocycles. The van der Waals surface area contributed by atoms with Crippen molar-refractivity contribution in [3.05, 3.63) is 34.1 Å². The molecule has 0 amide bonds. The SMILES string of the molecule is Cc1c(Cl)cc(F)cc1CC(=O)O. The average Bonchev–Trinajstić information content (AvgIpc) is 1.98. The lowest BCUT2D eigenvalue weighted by atomic mass is 10.1. The first-order valence-corrected chi connectivity index (χ1v) is 4.05. The lowest BCUT2D eigenvalue weighted by Crippen LogP contribution is -2.02. The maximum absolute atomic E-state index is 12.8. The molecule has 1 rings (SSSR count). The van der Waals surface area contributed by atoms with Gasteiger partial charge in [-0.2, -0.15) is 0 Å². The fraction of sp³-hybridized carbons (Fsp3) is 0.222. The molecule has 0 unspecified atom stereocenters. The van der Waals surface area contributed by atoms with Crippen molar-refractivity contribution in [1.29, 1.82) is 0 Å². The van der Waals surface area contributed by atoms with Gasteiger partial charge < -0.3 is 5.11 Å². The van der Waals surface area contributed by atoms with E-state index in [1.165, 1.54) is 12.1 Å². The number of carboxylic acid groups (broad SMARTS) is 1. The van der Waals surface area contributed by atoms with Crippen LogP contribution in [-0.4, -0.2) is 11.1 Å². The van der Waals surface area contributed by atoms with Gasteiger partial charge in [-0.15, -0.1) is 0 Å². The maximum Gasteiger partial charge on any atom is 0.307 e. The summed E-state index contributed by atoms with van der Waals surface area (Å²) in [5.41, 5.74) is 1.03. The van der Waals surface area contributed by atoms with Crippen molar-refractivity contribution in [2.45, 2.75) is 13.3 Å². The summed E-state index contributed by atoms with van der Waals surface area (Å²) in [4.78, 5) is 10.4. The number of benzene rings is 1. The van der Waals surface area contributed by atoms with Crippen LogP contribution in [0.25, 0.3) is 0 Å². The molecular formula is C9H8ClFO2. The number of rotatable bonds is 2. The molecule has 0 bridgehead atoms. The molecule has 0 radical (unpaired) electrons. The first-order chi connectivity index (χ1) is 6.00. The summed E-state index contributed by atoms with van der Waals surface area (Å²) >= 11 is 5.67. The molecule has 0 atom stereocenters.